The van der Waals surface area contributed by atoms with Gasteiger partial charge in [0.1, 0.15) is 0 Å². The number of rotatable bonds is 3. The maximum Gasteiger partial charge on any atom is 0.251 e. The van der Waals surface area contributed by atoms with E-state index in [9.17, 15) is 4.79 Å². The maximum atomic E-state index is 12.0. The summed E-state index contributed by atoms with van der Waals surface area (Å²) < 4.78 is 0. The molecule has 21 heavy (non-hydrogen) atoms. The molecule has 1 amide bonds. The SMILES string of the molecule is CCNC(=O)c1ccc(N)c(N2CCCC(C)(C)CC2)c1. The molecule has 0 aromatic heterocycles. The number of carbonyl (C=O) groups is 1. The number of nitrogens with one attached hydrogen (secondary N) is 1. The molecule has 1 aromatic carbocycles. The Hall–Kier alpha value is -1.71. The molecule has 1 aliphatic rings. The molecule has 116 valence electrons. The number of nitrogens with two attached hydrogens (primary N) is 1. The van der Waals surface area contributed by atoms with E-state index in [-0.39, 0.29) is 5.91 Å². The fraction of sp³-hybridized carbons (Fsp3) is 0.588. The third kappa shape index (κ3) is 3.90. The predicted molar refractivity (Wildman–Crippen MR) is 88.7 cm³/mol. The minimum atomic E-state index is -0.0334. The number of carbonyl (C=O) groups excluding carboxylic acids is 1. The zero-order valence-electron chi connectivity index (χ0n) is 13.4. The lowest BCUT2D eigenvalue weighted by atomic mass is 9.85. The van der Waals surface area contributed by atoms with E-state index in [1.807, 2.05) is 19.1 Å². The van der Waals surface area contributed by atoms with Crippen molar-refractivity contribution in [1.29, 1.82) is 0 Å². The molecule has 4 nitrogen and oxygen atoms in total. The summed E-state index contributed by atoms with van der Waals surface area (Å²) in [6.45, 7) is 9.21. The smallest absolute Gasteiger partial charge is 0.251 e. The number of nitrogens with zero attached hydrogens (tertiary/aromatic N) is 1. The van der Waals surface area contributed by atoms with Crippen LogP contribution in [0, 0.1) is 5.41 Å². The Bertz CT molecular complexity index is 511. The van der Waals surface area contributed by atoms with Crippen LogP contribution in [0.25, 0.3) is 0 Å². The summed E-state index contributed by atoms with van der Waals surface area (Å²) in [6.07, 6.45) is 3.55. The number of hydrogen-bond acceptors (Lipinski definition) is 3. The summed E-state index contributed by atoms with van der Waals surface area (Å²) in [7, 11) is 0. The van der Waals surface area contributed by atoms with E-state index in [2.05, 4.69) is 24.1 Å². The first kappa shape index (κ1) is 15.7. The van der Waals surface area contributed by atoms with Gasteiger partial charge >= 0.3 is 0 Å². The molecule has 0 saturated carbocycles. The molecular weight excluding hydrogens is 262 g/mol. The van der Waals surface area contributed by atoms with Crippen LogP contribution in [-0.2, 0) is 0 Å². The average molecular weight is 289 g/mol. The molecule has 1 heterocycles. The fourth-order valence-corrected chi connectivity index (χ4v) is 2.89. The Morgan fingerprint density at radius 2 is 2.10 bits per heavy atom. The summed E-state index contributed by atoms with van der Waals surface area (Å²) in [4.78, 5) is 14.3. The first-order chi connectivity index (χ1) is 9.93. The van der Waals surface area contributed by atoms with Crippen LogP contribution in [0.3, 0.4) is 0 Å². The van der Waals surface area contributed by atoms with Crippen molar-refractivity contribution in [3.63, 3.8) is 0 Å². The van der Waals surface area contributed by atoms with Gasteiger partial charge < -0.3 is 16.0 Å². The second kappa shape index (κ2) is 6.37. The fourth-order valence-electron chi connectivity index (χ4n) is 2.89. The first-order valence-electron chi connectivity index (χ1n) is 7.85. The lowest BCUT2D eigenvalue weighted by Crippen LogP contribution is -2.27. The zero-order chi connectivity index (χ0) is 15.5. The van der Waals surface area contributed by atoms with Gasteiger partial charge in [-0.1, -0.05) is 13.8 Å². The van der Waals surface area contributed by atoms with Crippen molar-refractivity contribution in [3.8, 4) is 0 Å². The number of benzene rings is 1. The van der Waals surface area contributed by atoms with Crippen LogP contribution in [0.2, 0.25) is 0 Å². The van der Waals surface area contributed by atoms with Gasteiger partial charge in [0.05, 0.1) is 11.4 Å². The number of hydrogen-bond donors (Lipinski definition) is 2. The van der Waals surface area contributed by atoms with Gasteiger partial charge in [0.15, 0.2) is 0 Å². The monoisotopic (exact) mass is 289 g/mol. The minimum Gasteiger partial charge on any atom is -0.397 e. The Morgan fingerprint density at radius 3 is 2.81 bits per heavy atom. The Kier molecular flexibility index (Phi) is 4.76. The molecule has 0 unspecified atom stereocenters. The van der Waals surface area contributed by atoms with Crippen molar-refractivity contribution < 1.29 is 4.79 Å². The van der Waals surface area contributed by atoms with E-state index in [0.29, 0.717) is 17.5 Å². The second-order valence-corrected chi connectivity index (χ2v) is 6.64. The molecule has 4 heteroatoms. The average Bonchev–Trinajstić information content (AvgIpc) is 2.60. The number of anilines is 2. The highest BCUT2D eigenvalue weighted by Gasteiger charge is 2.24. The van der Waals surface area contributed by atoms with Gasteiger partial charge in [0.2, 0.25) is 0 Å². The highest BCUT2D eigenvalue weighted by Crippen LogP contribution is 2.33. The van der Waals surface area contributed by atoms with E-state index >= 15 is 0 Å². The van der Waals surface area contributed by atoms with Crippen molar-refractivity contribution in [1.82, 2.24) is 5.32 Å². The lowest BCUT2D eigenvalue weighted by Gasteiger charge is -2.26. The number of nitrogen functional groups attached to an aromatic ring is 1. The molecule has 0 spiro atoms. The van der Waals surface area contributed by atoms with Gasteiger partial charge in [-0.15, -0.1) is 0 Å². The molecule has 0 bridgehead atoms. The van der Waals surface area contributed by atoms with Crippen molar-refractivity contribution >= 4 is 17.3 Å². The van der Waals surface area contributed by atoms with E-state index in [1.54, 1.807) is 6.07 Å². The Morgan fingerprint density at radius 1 is 1.33 bits per heavy atom. The highest BCUT2D eigenvalue weighted by atomic mass is 16.1. The van der Waals surface area contributed by atoms with Gasteiger partial charge in [-0.2, -0.15) is 0 Å². The second-order valence-electron chi connectivity index (χ2n) is 6.64. The zero-order valence-corrected chi connectivity index (χ0v) is 13.4. The molecule has 1 fully saturated rings. The van der Waals surface area contributed by atoms with Crippen LogP contribution in [0.4, 0.5) is 11.4 Å². The van der Waals surface area contributed by atoms with Gasteiger partial charge in [-0.25, -0.2) is 0 Å². The third-order valence-electron chi connectivity index (χ3n) is 4.31. The van der Waals surface area contributed by atoms with Crippen LogP contribution < -0.4 is 16.0 Å². The van der Waals surface area contributed by atoms with Crippen molar-refractivity contribution in [3.05, 3.63) is 23.8 Å². The molecule has 2 rings (SSSR count). The molecule has 0 atom stereocenters. The summed E-state index contributed by atoms with van der Waals surface area (Å²) in [5, 5.41) is 2.84. The van der Waals surface area contributed by atoms with Gasteiger partial charge in [0, 0.05) is 25.2 Å². The Balaban J connectivity index is 2.22. The van der Waals surface area contributed by atoms with Crippen molar-refractivity contribution in [2.24, 2.45) is 5.41 Å². The largest absolute Gasteiger partial charge is 0.397 e. The van der Waals surface area contributed by atoms with E-state index in [0.717, 1.165) is 37.3 Å². The molecule has 1 aliphatic heterocycles. The standard InChI is InChI=1S/C17H27N3O/c1-4-19-16(21)13-6-7-14(18)15(12-13)20-10-5-8-17(2,3)9-11-20/h6-7,12H,4-5,8-11,18H2,1-3H3,(H,19,21). The first-order valence-corrected chi connectivity index (χ1v) is 7.85. The maximum absolute atomic E-state index is 12.0. The molecule has 1 aromatic rings. The lowest BCUT2D eigenvalue weighted by molar-refractivity contribution is 0.0956. The summed E-state index contributed by atoms with van der Waals surface area (Å²) in [5.74, 6) is -0.0334. The quantitative estimate of drug-likeness (QED) is 0.841. The molecule has 3 N–H and O–H groups in total. The number of amides is 1. The van der Waals surface area contributed by atoms with Crippen LogP contribution in [-0.4, -0.2) is 25.5 Å². The van der Waals surface area contributed by atoms with E-state index in [4.69, 9.17) is 5.73 Å². The molecule has 1 saturated heterocycles. The Labute approximate surface area is 127 Å². The van der Waals surface area contributed by atoms with Crippen LogP contribution in [0.1, 0.15) is 50.4 Å². The molecular formula is C17H27N3O. The van der Waals surface area contributed by atoms with Gasteiger partial charge in [0.25, 0.3) is 5.91 Å². The van der Waals surface area contributed by atoms with Crippen molar-refractivity contribution in [2.75, 3.05) is 30.3 Å². The summed E-state index contributed by atoms with van der Waals surface area (Å²) >= 11 is 0. The van der Waals surface area contributed by atoms with Crippen LogP contribution >= 0.6 is 0 Å². The molecule has 0 radical (unpaired) electrons. The normalized spacial score (nSPS) is 18.1. The minimum absolute atomic E-state index is 0.0334. The van der Waals surface area contributed by atoms with Gasteiger partial charge in [-0.05, 0) is 49.8 Å². The van der Waals surface area contributed by atoms with E-state index in [1.165, 1.54) is 6.42 Å². The molecule has 0 aliphatic carbocycles. The third-order valence-corrected chi connectivity index (χ3v) is 4.31. The van der Waals surface area contributed by atoms with Crippen molar-refractivity contribution in [2.45, 2.75) is 40.0 Å². The highest BCUT2D eigenvalue weighted by molar-refractivity contribution is 5.96. The summed E-state index contributed by atoms with van der Waals surface area (Å²) in [6, 6.07) is 5.57. The van der Waals surface area contributed by atoms with Crippen LogP contribution in [0.15, 0.2) is 18.2 Å². The van der Waals surface area contributed by atoms with Crippen LogP contribution in [0.5, 0.6) is 0 Å². The van der Waals surface area contributed by atoms with E-state index < -0.39 is 0 Å². The summed E-state index contributed by atoms with van der Waals surface area (Å²) in [5.41, 5.74) is 8.96. The predicted octanol–water partition coefficient (Wildman–Crippen LogP) is 3.04. The topological polar surface area (TPSA) is 58.4 Å². The van der Waals surface area contributed by atoms with Gasteiger partial charge in [-0.3, -0.25) is 4.79 Å².